The maximum atomic E-state index is 4.05. The maximum absolute atomic E-state index is 4.05. The van der Waals surface area contributed by atoms with Gasteiger partial charge in [0.2, 0.25) is 0 Å². The van der Waals surface area contributed by atoms with Crippen molar-refractivity contribution in [3.05, 3.63) is 0 Å². The summed E-state index contributed by atoms with van der Waals surface area (Å²) in [6.45, 7) is 9.71. The van der Waals surface area contributed by atoms with E-state index in [2.05, 4.69) is 21.7 Å². The smallest absolute Gasteiger partial charge is 0.126 e. The molecule has 0 atom stereocenters. The number of amidine groups is 2. The summed E-state index contributed by atoms with van der Waals surface area (Å²) in [6.07, 6.45) is 0. The van der Waals surface area contributed by atoms with Crippen LogP contribution in [-0.2, 0) is 0 Å². The molecule has 0 aromatic heterocycles. The Morgan fingerprint density at radius 2 is 1.90 bits per heavy atom. The Labute approximate surface area is 61.6 Å². The standard InChI is InChI=1S/C7H13N3/c1-5-9-7(3)10-6(2)8-4/h4-5H2,1-3H3. The molecule has 56 valence electrons. The van der Waals surface area contributed by atoms with Crippen LogP contribution in [0.5, 0.6) is 0 Å². The van der Waals surface area contributed by atoms with Crippen LogP contribution in [0.2, 0.25) is 0 Å². The summed E-state index contributed by atoms with van der Waals surface area (Å²) in [5.74, 6) is 1.42. The van der Waals surface area contributed by atoms with Gasteiger partial charge in [0.05, 0.1) is 0 Å². The molecule has 0 rings (SSSR count). The van der Waals surface area contributed by atoms with Crippen LogP contribution in [0.3, 0.4) is 0 Å². The quantitative estimate of drug-likeness (QED) is 0.390. The van der Waals surface area contributed by atoms with Crippen molar-refractivity contribution in [2.24, 2.45) is 15.0 Å². The first-order valence-electron chi connectivity index (χ1n) is 3.23. The highest BCUT2D eigenvalue weighted by Crippen LogP contribution is 1.83. The van der Waals surface area contributed by atoms with Gasteiger partial charge in [0.1, 0.15) is 11.7 Å². The minimum Gasteiger partial charge on any atom is -0.271 e. The van der Waals surface area contributed by atoms with Gasteiger partial charge in [0, 0.05) is 6.54 Å². The molecule has 0 N–H and O–H groups in total. The van der Waals surface area contributed by atoms with E-state index in [1.54, 1.807) is 6.92 Å². The first-order valence-corrected chi connectivity index (χ1v) is 3.23. The molecule has 0 fully saturated rings. The zero-order chi connectivity index (χ0) is 7.98. The van der Waals surface area contributed by atoms with Gasteiger partial charge in [-0.2, -0.15) is 0 Å². The van der Waals surface area contributed by atoms with Crippen LogP contribution in [0.25, 0.3) is 0 Å². The highest BCUT2D eigenvalue weighted by atomic mass is 15.0. The predicted octanol–water partition coefficient (Wildman–Crippen LogP) is 1.54. The molecule has 0 aromatic rings. The predicted molar refractivity (Wildman–Crippen MR) is 46.3 cm³/mol. The van der Waals surface area contributed by atoms with E-state index in [0.717, 1.165) is 12.4 Å². The van der Waals surface area contributed by atoms with Crippen molar-refractivity contribution in [1.29, 1.82) is 0 Å². The van der Waals surface area contributed by atoms with Gasteiger partial charge >= 0.3 is 0 Å². The molecule has 0 heterocycles. The van der Waals surface area contributed by atoms with E-state index in [1.807, 2.05) is 13.8 Å². The molecule has 10 heavy (non-hydrogen) atoms. The average molecular weight is 139 g/mol. The Morgan fingerprint density at radius 1 is 1.30 bits per heavy atom. The van der Waals surface area contributed by atoms with Crippen molar-refractivity contribution in [2.75, 3.05) is 6.54 Å². The number of hydrogen-bond donors (Lipinski definition) is 0. The van der Waals surface area contributed by atoms with Gasteiger partial charge in [-0.15, -0.1) is 0 Å². The lowest BCUT2D eigenvalue weighted by Crippen LogP contribution is -1.92. The van der Waals surface area contributed by atoms with Gasteiger partial charge in [-0.1, -0.05) is 0 Å². The lowest BCUT2D eigenvalue weighted by Gasteiger charge is -1.90. The molecule has 0 saturated carbocycles. The third-order valence-corrected chi connectivity index (χ3v) is 0.939. The maximum Gasteiger partial charge on any atom is 0.126 e. The molecule has 0 aromatic carbocycles. The lowest BCUT2D eigenvalue weighted by molar-refractivity contribution is 1.12. The average Bonchev–Trinajstić information content (AvgIpc) is 1.88. The Bertz CT molecular complexity index is 168. The molecule has 0 aliphatic carbocycles. The molecule has 0 aliphatic rings. The normalized spacial score (nSPS) is 13.5. The van der Waals surface area contributed by atoms with Crippen molar-refractivity contribution < 1.29 is 0 Å². The van der Waals surface area contributed by atoms with Crippen LogP contribution in [0.15, 0.2) is 15.0 Å². The third kappa shape index (κ3) is 3.95. The van der Waals surface area contributed by atoms with Gasteiger partial charge in [0.15, 0.2) is 0 Å². The van der Waals surface area contributed by atoms with E-state index in [9.17, 15) is 0 Å². The summed E-state index contributed by atoms with van der Waals surface area (Å²) < 4.78 is 0. The Morgan fingerprint density at radius 3 is 2.30 bits per heavy atom. The number of hydrogen-bond acceptors (Lipinski definition) is 1. The van der Waals surface area contributed by atoms with E-state index in [4.69, 9.17) is 0 Å². The summed E-state index contributed by atoms with van der Waals surface area (Å²) >= 11 is 0. The summed E-state index contributed by atoms with van der Waals surface area (Å²) in [5, 5.41) is 0. The van der Waals surface area contributed by atoms with Gasteiger partial charge in [-0.3, -0.25) is 4.99 Å². The Kier molecular flexibility index (Phi) is 4.37. The van der Waals surface area contributed by atoms with E-state index in [0.29, 0.717) is 5.84 Å². The summed E-state index contributed by atoms with van der Waals surface area (Å²) in [6, 6.07) is 0. The molecule has 0 aliphatic heterocycles. The van der Waals surface area contributed by atoms with Crippen molar-refractivity contribution >= 4 is 18.4 Å². The summed E-state index contributed by atoms with van der Waals surface area (Å²) in [5.41, 5.74) is 0. The minimum absolute atomic E-state index is 0.662. The first kappa shape index (κ1) is 9.01. The molecular weight excluding hydrogens is 126 g/mol. The molecule has 0 unspecified atom stereocenters. The Balaban J connectivity index is 4.11. The van der Waals surface area contributed by atoms with Crippen molar-refractivity contribution in [1.82, 2.24) is 0 Å². The number of rotatable bonds is 1. The molecule has 0 bridgehead atoms. The SMILES string of the molecule is C=NC(C)=NC(C)=NCC. The Hall–Kier alpha value is -0.990. The second kappa shape index (κ2) is 4.85. The zero-order valence-corrected chi connectivity index (χ0v) is 6.76. The molecule has 0 amide bonds. The van der Waals surface area contributed by atoms with Crippen LogP contribution in [0, 0.1) is 0 Å². The van der Waals surface area contributed by atoms with Crippen molar-refractivity contribution in [2.45, 2.75) is 20.8 Å². The summed E-state index contributed by atoms with van der Waals surface area (Å²) in [7, 11) is 0. The van der Waals surface area contributed by atoms with Crippen molar-refractivity contribution in [3.8, 4) is 0 Å². The van der Waals surface area contributed by atoms with E-state index >= 15 is 0 Å². The monoisotopic (exact) mass is 139 g/mol. The van der Waals surface area contributed by atoms with Crippen LogP contribution >= 0.6 is 0 Å². The highest BCUT2D eigenvalue weighted by Gasteiger charge is 1.84. The molecule has 0 radical (unpaired) electrons. The van der Waals surface area contributed by atoms with Crippen LogP contribution < -0.4 is 0 Å². The van der Waals surface area contributed by atoms with E-state index < -0.39 is 0 Å². The fourth-order valence-corrected chi connectivity index (χ4v) is 0.534. The largest absolute Gasteiger partial charge is 0.271 e. The number of aliphatic imine (C=N–C) groups is 3. The van der Waals surface area contributed by atoms with Crippen LogP contribution in [0.1, 0.15) is 20.8 Å². The molecule has 0 saturated heterocycles. The van der Waals surface area contributed by atoms with Gasteiger partial charge in [-0.05, 0) is 27.5 Å². The van der Waals surface area contributed by atoms with Gasteiger partial charge in [0.25, 0.3) is 0 Å². The van der Waals surface area contributed by atoms with Crippen molar-refractivity contribution in [3.63, 3.8) is 0 Å². The molecular formula is C7H13N3. The second-order valence-corrected chi connectivity index (χ2v) is 1.84. The zero-order valence-electron chi connectivity index (χ0n) is 6.76. The molecule has 3 nitrogen and oxygen atoms in total. The van der Waals surface area contributed by atoms with Gasteiger partial charge in [-0.25, -0.2) is 9.98 Å². The number of nitrogens with zero attached hydrogens (tertiary/aromatic N) is 3. The lowest BCUT2D eigenvalue weighted by atomic mass is 10.6. The van der Waals surface area contributed by atoms with Gasteiger partial charge < -0.3 is 0 Å². The van der Waals surface area contributed by atoms with Crippen LogP contribution in [0.4, 0.5) is 0 Å². The fourth-order valence-electron chi connectivity index (χ4n) is 0.534. The topological polar surface area (TPSA) is 37.1 Å². The van der Waals surface area contributed by atoms with Crippen LogP contribution in [-0.4, -0.2) is 24.9 Å². The van der Waals surface area contributed by atoms with E-state index in [-0.39, 0.29) is 0 Å². The molecule has 0 spiro atoms. The second-order valence-electron chi connectivity index (χ2n) is 1.84. The highest BCUT2D eigenvalue weighted by molar-refractivity contribution is 5.96. The third-order valence-electron chi connectivity index (χ3n) is 0.939. The fraction of sp³-hybridized carbons (Fsp3) is 0.571. The van der Waals surface area contributed by atoms with E-state index in [1.165, 1.54) is 0 Å². The summed E-state index contributed by atoms with van der Waals surface area (Å²) in [4.78, 5) is 11.7. The minimum atomic E-state index is 0.662. The first-order chi connectivity index (χ1) is 4.70. The molecule has 3 heteroatoms.